The minimum Gasteiger partial charge on any atom is -0.343 e. The number of benzene rings is 4. The summed E-state index contributed by atoms with van der Waals surface area (Å²) in [6.07, 6.45) is 0. The molecule has 1 saturated heterocycles. The summed E-state index contributed by atoms with van der Waals surface area (Å²) in [5.74, 6) is 0. The second-order valence-electron chi connectivity index (χ2n) is 9.87. The van der Waals surface area contributed by atoms with E-state index >= 15 is 0 Å². The van der Waals surface area contributed by atoms with Gasteiger partial charge in [0.25, 0.3) is 0 Å². The van der Waals surface area contributed by atoms with Crippen LogP contribution in [0.3, 0.4) is 0 Å². The Morgan fingerprint density at radius 2 is 0.902 bits per heavy atom. The molecule has 41 heavy (non-hydrogen) atoms. The van der Waals surface area contributed by atoms with Crippen molar-refractivity contribution >= 4 is 65.2 Å². The molecule has 1 heterocycles. The first-order valence-electron chi connectivity index (χ1n) is 13.1. The maximum absolute atomic E-state index is 14.2. The molecule has 7 nitrogen and oxygen atoms in total. The molecule has 4 aromatic rings. The van der Waals surface area contributed by atoms with Gasteiger partial charge >= 0.3 is 0 Å². The third-order valence-electron chi connectivity index (χ3n) is 7.20. The molecule has 0 unspecified atom stereocenters. The van der Waals surface area contributed by atoms with Gasteiger partial charge in [-0.1, -0.05) is 60.7 Å². The van der Waals surface area contributed by atoms with Crippen molar-refractivity contribution in [2.45, 2.75) is 35.0 Å². The van der Waals surface area contributed by atoms with Crippen LogP contribution < -0.4 is 5.32 Å². The molecule has 0 bridgehead atoms. The standard InChI is InChI=1S/C30H29I2N3O4S2/c31-25-15-11-23(12-16-25)21-34(40(36,37)27-7-3-1-4-8-27)29-19-33-20-30(29)35(22-24-13-17-26(32)18-14-24)41(38,39)28-9-5-2-6-10-28/h1-18,29-30,33H,19-22H2/p+1/t29-,30-/m0/s1. The minimum absolute atomic E-state index is 0.131. The van der Waals surface area contributed by atoms with Crippen molar-refractivity contribution in [3.05, 3.63) is 127 Å². The molecule has 1 aliphatic heterocycles. The highest BCUT2D eigenvalue weighted by Gasteiger charge is 2.47. The Hall–Kier alpha value is -1.88. The lowest BCUT2D eigenvalue weighted by Gasteiger charge is -2.35. The highest BCUT2D eigenvalue weighted by molar-refractivity contribution is 14.1. The topological polar surface area (TPSA) is 91.4 Å². The zero-order valence-corrected chi connectivity index (χ0v) is 28.0. The van der Waals surface area contributed by atoms with Crippen LogP contribution in [-0.4, -0.2) is 50.6 Å². The van der Waals surface area contributed by atoms with E-state index in [0.29, 0.717) is 13.1 Å². The molecular weight excluding hydrogens is 784 g/mol. The van der Waals surface area contributed by atoms with Crippen LogP contribution in [-0.2, 0) is 33.1 Å². The molecule has 1 aliphatic rings. The third kappa shape index (κ3) is 7.03. The van der Waals surface area contributed by atoms with Crippen LogP contribution in [0.4, 0.5) is 0 Å². The van der Waals surface area contributed by atoms with Gasteiger partial charge in [-0.2, -0.15) is 8.61 Å². The van der Waals surface area contributed by atoms with Gasteiger partial charge in [0.05, 0.1) is 35.0 Å². The Kier molecular flexibility index (Phi) is 9.83. The summed E-state index contributed by atoms with van der Waals surface area (Å²) in [4.78, 5) is 0.373. The molecule has 0 radical (unpaired) electrons. The zero-order chi connectivity index (χ0) is 29.0. The van der Waals surface area contributed by atoms with Crippen molar-refractivity contribution < 1.29 is 22.2 Å². The minimum atomic E-state index is -3.96. The maximum Gasteiger partial charge on any atom is 0.243 e. The number of quaternary nitrogens is 1. The van der Waals surface area contributed by atoms with E-state index in [1.54, 1.807) is 60.7 Å². The lowest BCUT2D eigenvalue weighted by atomic mass is 10.1. The van der Waals surface area contributed by atoms with Crippen molar-refractivity contribution in [3.63, 3.8) is 0 Å². The van der Waals surface area contributed by atoms with Gasteiger partial charge in [-0.25, -0.2) is 16.8 Å². The monoisotopic (exact) mass is 814 g/mol. The summed E-state index contributed by atoms with van der Waals surface area (Å²) in [7, 11) is -7.92. The van der Waals surface area contributed by atoms with Crippen LogP contribution in [0.2, 0.25) is 0 Å². The smallest absolute Gasteiger partial charge is 0.243 e. The highest BCUT2D eigenvalue weighted by atomic mass is 127. The van der Waals surface area contributed by atoms with E-state index < -0.39 is 32.1 Å². The molecule has 214 valence electrons. The Balaban J connectivity index is 1.60. The first kappa shape index (κ1) is 30.6. The number of rotatable bonds is 10. The molecule has 1 fully saturated rings. The van der Waals surface area contributed by atoms with Crippen LogP contribution in [0, 0.1) is 7.14 Å². The number of halogens is 2. The van der Waals surface area contributed by atoms with E-state index in [4.69, 9.17) is 0 Å². The Morgan fingerprint density at radius 1 is 0.561 bits per heavy atom. The van der Waals surface area contributed by atoms with Crippen molar-refractivity contribution in [3.8, 4) is 0 Å². The second kappa shape index (κ2) is 13.2. The van der Waals surface area contributed by atoms with Crippen LogP contribution in [0.1, 0.15) is 11.1 Å². The summed E-state index contributed by atoms with van der Waals surface area (Å²) in [6, 6.07) is 31.0. The van der Waals surface area contributed by atoms with Crippen molar-refractivity contribution in [2.24, 2.45) is 0 Å². The van der Waals surface area contributed by atoms with Gasteiger partial charge in [0.1, 0.15) is 0 Å². The van der Waals surface area contributed by atoms with Gasteiger partial charge < -0.3 is 5.32 Å². The highest BCUT2D eigenvalue weighted by Crippen LogP contribution is 2.29. The Labute approximate surface area is 269 Å². The van der Waals surface area contributed by atoms with Crippen LogP contribution in [0.15, 0.2) is 119 Å². The van der Waals surface area contributed by atoms with Gasteiger partial charge in [0.15, 0.2) is 0 Å². The normalized spacial score (nSPS) is 17.8. The summed E-state index contributed by atoms with van der Waals surface area (Å²) < 4.78 is 62.0. The lowest BCUT2D eigenvalue weighted by Crippen LogP contribution is -2.82. The molecule has 0 amide bonds. The average molecular weight is 815 g/mol. The van der Waals surface area contributed by atoms with Gasteiger partial charge in [0, 0.05) is 20.2 Å². The number of nitrogens with zero attached hydrogens (tertiary/aromatic N) is 2. The average Bonchev–Trinajstić information content (AvgIpc) is 3.46. The first-order valence-corrected chi connectivity index (χ1v) is 18.1. The molecule has 4 aromatic carbocycles. The molecular formula is C30H30I2N3O4S2+. The first-order chi connectivity index (χ1) is 19.7. The largest absolute Gasteiger partial charge is 0.343 e. The SMILES string of the molecule is O=S(=O)(c1ccccc1)N(Cc1ccc(I)cc1)[C@H]1C[NH2+]C[C@@H]1N(Cc1ccc(I)cc1)S(=O)(=O)c1ccccc1. The summed E-state index contributed by atoms with van der Waals surface area (Å²) in [5.41, 5.74) is 1.68. The Bertz CT molecular complexity index is 1540. The number of hydrogen-bond donors (Lipinski definition) is 1. The predicted molar refractivity (Wildman–Crippen MR) is 176 cm³/mol. The van der Waals surface area contributed by atoms with Gasteiger partial charge in [-0.15, -0.1) is 0 Å². The molecule has 0 saturated carbocycles. The Morgan fingerprint density at radius 3 is 1.24 bits per heavy atom. The molecule has 2 N–H and O–H groups in total. The van der Waals surface area contributed by atoms with Crippen LogP contribution >= 0.6 is 45.2 Å². The second-order valence-corrected chi connectivity index (χ2v) is 16.1. The lowest BCUT2D eigenvalue weighted by molar-refractivity contribution is -0.638. The van der Waals surface area contributed by atoms with Gasteiger partial charge in [0.2, 0.25) is 20.0 Å². The van der Waals surface area contributed by atoms with Crippen LogP contribution in [0.25, 0.3) is 0 Å². The van der Waals surface area contributed by atoms with E-state index in [2.05, 4.69) is 45.2 Å². The van der Waals surface area contributed by atoms with E-state index in [-0.39, 0.29) is 22.9 Å². The van der Waals surface area contributed by atoms with Gasteiger partial charge in [-0.3, -0.25) is 0 Å². The van der Waals surface area contributed by atoms with E-state index in [1.807, 2.05) is 53.8 Å². The van der Waals surface area contributed by atoms with E-state index in [1.165, 1.54) is 8.61 Å². The quantitative estimate of drug-likeness (QED) is 0.242. The number of nitrogens with two attached hydrogens (primary N) is 1. The summed E-state index contributed by atoms with van der Waals surface area (Å²) in [5, 5.41) is 2.01. The third-order valence-corrected chi connectivity index (χ3v) is 12.4. The number of sulfonamides is 2. The number of hydrogen-bond acceptors (Lipinski definition) is 4. The molecule has 0 aromatic heterocycles. The van der Waals surface area contributed by atoms with Gasteiger partial charge in [-0.05, 0) is 105 Å². The summed E-state index contributed by atoms with van der Waals surface area (Å²) >= 11 is 4.44. The van der Waals surface area contributed by atoms with E-state index in [9.17, 15) is 16.8 Å². The zero-order valence-electron chi connectivity index (χ0n) is 22.1. The van der Waals surface area contributed by atoms with Crippen LogP contribution in [0.5, 0.6) is 0 Å². The fourth-order valence-electron chi connectivity index (χ4n) is 5.13. The van der Waals surface area contributed by atoms with Crippen molar-refractivity contribution in [1.82, 2.24) is 8.61 Å². The molecule has 11 heteroatoms. The molecule has 2 atom stereocenters. The predicted octanol–water partition coefficient (Wildman–Crippen LogP) is 4.29. The van der Waals surface area contributed by atoms with Crippen molar-refractivity contribution in [2.75, 3.05) is 13.1 Å². The van der Waals surface area contributed by atoms with Crippen molar-refractivity contribution in [1.29, 1.82) is 0 Å². The molecule has 0 aliphatic carbocycles. The fourth-order valence-corrected chi connectivity index (χ4v) is 9.19. The van der Waals surface area contributed by atoms with E-state index in [0.717, 1.165) is 18.3 Å². The fraction of sp³-hybridized carbons (Fsp3) is 0.200. The molecule has 0 spiro atoms. The summed E-state index contributed by atoms with van der Waals surface area (Å²) in [6.45, 7) is 1.14. The molecule has 5 rings (SSSR count). The maximum atomic E-state index is 14.2.